The zero-order chi connectivity index (χ0) is 15.1. The highest BCUT2D eigenvalue weighted by atomic mass is 15.0. The minimum Gasteiger partial charge on any atom is -0.370 e. The van der Waals surface area contributed by atoms with E-state index < -0.39 is 0 Å². The van der Waals surface area contributed by atoms with Gasteiger partial charge in [-0.2, -0.15) is 0 Å². The molecule has 3 nitrogen and oxygen atoms in total. The lowest BCUT2D eigenvalue weighted by molar-refractivity contribution is 0.748. The first-order chi connectivity index (χ1) is 10.2. The number of hydrogen-bond donors (Lipinski definition) is 1. The van der Waals surface area contributed by atoms with Crippen LogP contribution in [0.15, 0.2) is 36.5 Å². The zero-order valence-corrected chi connectivity index (χ0v) is 13.3. The molecule has 1 heterocycles. The average Bonchev–Trinajstić information content (AvgIpc) is 2.51. The summed E-state index contributed by atoms with van der Waals surface area (Å²) in [5, 5.41) is 3.46. The number of nitrogens with zero attached hydrogens (tertiary/aromatic N) is 2. The molecule has 0 bridgehead atoms. The van der Waals surface area contributed by atoms with E-state index in [9.17, 15) is 0 Å². The Morgan fingerprint density at radius 2 is 1.91 bits per heavy atom. The summed E-state index contributed by atoms with van der Waals surface area (Å²) in [5.41, 5.74) is 2.56. The van der Waals surface area contributed by atoms with Crippen LogP contribution in [-0.4, -0.2) is 16.5 Å². The Kier molecular flexibility index (Phi) is 7.58. The minimum atomic E-state index is 0. The van der Waals surface area contributed by atoms with Crippen molar-refractivity contribution in [3.63, 3.8) is 0 Å². The van der Waals surface area contributed by atoms with E-state index in [4.69, 9.17) is 0 Å². The van der Waals surface area contributed by atoms with Crippen molar-refractivity contribution in [1.29, 1.82) is 0 Å². The highest BCUT2D eigenvalue weighted by Crippen LogP contribution is 2.23. The smallest absolute Gasteiger partial charge is 0.132 e. The van der Waals surface area contributed by atoms with E-state index in [1.807, 2.05) is 13.1 Å². The fourth-order valence-electron chi connectivity index (χ4n) is 2.41. The summed E-state index contributed by atoms with van der Waals surface area (Å²) in [6.45, 7) is 7.37. The molecule has 0 fully saturated rings. The van der Waals surface area contributed by atoms with Crippen LogP contribution in [0.2, 0.25) is 0 Å². The van der Waals surface area contributed by atoms with Gasteiger partial charge in [-0.3, -0.25) is 0 Å². The van der Waals surface area contributed by atoms with E-state index in [1.54, 1.807) is 0 Å². The van der Waals surface area contributed by atoms with E-state index in [1.165, 1.54) is 17.5 Å². The first-order valence-corrected chi connectivity index (χ1v) is 7.82. The molecule has 1 aromatic heterocycles. The number of aromatic nitrogens is 2. The molecule has 1 unspecified atom stereocenters. The number of aryl methyl sites for hydroxylation is 1. The molecule has 0 aliphatic rings. The van der Waals surface area contributed by atoms with E-state index in [0.717, 1.165) is 31.0 Å². The van der Waals surface area contributed by atoms with Crippen molar-refractivity contribution in [3.05, 3.63) is 53.5 Å². The fraction of sp³-hybridized carbons (Fsp3) is 0.474. The molecule has 2 aromatic rings. The van der Waals surface area contributed by atoms with Gasteiger partial charge in [0.25, 0.3) is 0 Å². The van der Waals surface area contributed by atoms with Crippen molar-refractivity contribution >= 4 is 5.82 Å². The molecule has 22 heavy (non-hydrogen) atoms. The Balaban J connectivity index is 0.00000242. The second-order valence-electron chi connectivity index (χ2n) is 5.59. The van der Waals surface area contributed by atoms with Gasteiger partial charge in [0.1, 0.15) is 11.6 Å². The van der Waals surface area contributed by atoms with Crippen molar-refractivity contribution in [2.45, 2.75) is 53.4 Å². The Morgan fingerprint density at radius 3 is 2.59 bits per heavy atom. The third-order valence-corrected chi connectivity index (χ3v) is 3.70. The summed E-state index contributed by atoms with van der Waals surface area (Å²) in [6.07, 6.45) is 5.28. The lowest BCUT2D eigenvalue weighted by Gasteiger charge is -2.15. The van der Waals surface area contributed by atoms with Crippen molar-refractivity contribution < 1.29 is 0 Å². The van der Waals surface area contributed by atoms with Crippen LogP contribution in [0, 0.1) is 6.92 Å². The molecular formula is C19H29N3. The Morgan fingerprint density at radius 1 is 1.18 bits per heavy atom. The SMILES string of the molecule is C.CCCCNc1nc(C)ncc1CC(C)c1ccccc1. The summed E-state index contributed by atoms with van der Waals surface area (Å²) < 4.78 is 0. The second-order valence-corrected chi connectivity index (χ2v) is 5.59. The molecule has 0 aliphatic carbocycles. The van der Waals surface area contributed by atoms with Gasteiger partial charge in [0, 0.05) is 18.3 Å². The first-order valence-electron chi connectivity index (χ1n) is 7.82. The Bertz CT molecular complexity index is 552. The third-order valence-electron chi connectivity index (χ3n) is 3.70. The summed E-state index contributed by atoms with van der Waals surface area (Å²) in [7, 11) is 0. The monoisotopic (exact) mass is 299 g/mol. The molecule has 0 radical (unpaired) electrons. The van der Waals surface area contributed by atoms with Gasteiger partial charge < -0.3 is 5.32 Å². The molecule has 0 saturated heterocycles. The predicted molar refractivity (Wildman–Crippen MR) is 95.5 cm³/mol. The lowest BCUT2D eigenvalue weighted by Crippen LogP contribution is -2.10. The maximum atomic E-state index is 4.57. The molecular weight excluding hydrogens is 270 g/mol. The molecule has 3 heteroatoms. The molecule has 0 amide bonds. The van der Waals surface area contributed by atoms with E-state index in [-0.39, 0.29) is 7.43 Å². The summed E-state index contributed by atoms with van der Waals surface area (Å²) in [5.74, 6) is 2.29. The van der Waals surface area contributed by atoms with Crippen molar-refractivity contribution in [2.75, 3.05) is 11.9 Å². The molecule has 2 rings (SSSR count). The van der Waals surface area contributed by atoms with Gasteiger partial charge in [-0.25, -0.2) is 9.97 Å². The molecule has 0 aliphatic heterocycles. The van der Waals surface area contributed by atoms with E-state index in [2.05, 4.69) is 59.5 Å². The van der Waals surface area contributed by atoms with Gasteiger partial charge in [0.15, 0.2) is 0 Å². The second kappa shape index (κ2) is 9.19. The molecule has 1 aromatic carbocycles. The first kappa shape index (κ1) is 18.1. The van der Waals surface area contributed by atoms with Crippen LogP contribution < -0.4 is 5.32 Å². The Hall–Kier alpha value is -1.90. The van der Waals surface area contributed by atoms with Gasteiger partial charge >= 0.3 is 0 Å². The number of nitrogens with one attached hydrogen (secondary N) is 1. The zero-order valence-electron chi connectivity index (χ0n) is 13.3. The van der Waals surface area contributed by atoms with E-state index >= 15 is 0 Å². The molecule has 1 N–H and O–H groups in total. The van der Waals surface area contributed by atoms with Gasteiger partial charge in [-0.1, -0.05) is 58.0 Å². The van der Waals surface area contributed by atoms with Gasteiger partial charge in [-0.05, 0) is 31.2 Å². The van der Waals surface area contributed by atoms with Crippen molar-refractivity contribution in [1.82, 2.24) is 9.97 Å². The fourth-order valence-corrected chi connectivity index (χ4v) is 2.41. The standard InChI is InChI=1S/C18H25N3.CH4/c1-4-5-11-19-18-17(13-20-15(3)21-18)12-14(2)16-9-7-6-8-10-16;/h6-10,13-14H,4-5,11-12H2,1-3H3,(H,19,20,21);1H4. The van der Waals surface area contributed by atoms with Crippen LogP contribution >= 0.6 is 0 Å². The molecule has 0 spiro atoms. The third kappa shape index (κ3) is 5.14. The van der Waals surface area contributed by atoms with Crippen LogP contribution in [0.25, 0.3) is 0 Å². The van der Waals surface area contributed by atoms with Gasteiger partial charge in [0.2, 0.25) is 0 Å². The molecule has 0 saturated carbocycles. The van der Waals surface area contributed by atoms with Crippen molar-refractivity contribution in [2.24, 2.45) is 0 Å². The largest absolute Gasteiger partial charge is 0.370 e. The van der Waals surface area contributed by atoms with Crippen LogP contribution in [0.3, 0.4) is 0 Å². The van der Waals surface area contributed by atoms with Crippen molar-refractivity contribution in [3.8, 4) is 0 Å². The highest BCUT2D eigenvalue weighted by molar-refractivity contribution is 5.44. The van der Waals surface area contributed by atoms with Crippen LogP contribution in [-0.2, 0) is 6.42 Å². The van der Waals surface area contributed by atoms with E-state index in [0.29, 0.717) is 5.92 Å². The number of anilines is 1. The highest BCUT2D eigenvalue weighted by Gasteiger charge is 2.11. The van der Waals surface area contributed by atoms with Gasteiger partial charge in [-0.15, -0.1) is 0 Å². The summed E-state index contributed by atoms with van der Waals surface area (Å²) >= 11 is 0. The number of unbranched alkanes of at least 4 members (excludes halogenated alkanes) is 1. The topological polar surface area (TPSA) is 37.8 Å². The summed E-state index contributed by atoms with van der Waals surface area (Å²) in [6, 6.07) is 10.6. The maximum absolute atomic E-state index is 4.57. The normalized spacial score (nSPS) is 11.6. The Labute approximate surface area is 135 Å². The van der Waals surface area contributed by atoms with Crippen LogP contribution in [0.4, 0.5) is 5.82 Å². The summed E-state index contributed by atoms with van der Waals surface area (Å²) in [4.78, 5) is 8.93. The quantitative estimate of drug-likeness (QED) is 0.733. The van der Waals surface area contributed by atoms with Gasteiger partial charge in [0.05, 0.1) is 0 Å². The molecule has 1 atom stereocenters. The minimum absolute atomic E-state index is 0. The molecule has 120 valence electrons. The van der Waals surface area contributed by atoms with Crippen LogP contribution in [0.1, 0.15) is 57.0 Å². The maximum Gasteiger partial charge on any atom is 0.132 e. The predicted octanol–water partition coefficient (Wildman–Crippen LogP) is 4.98. The van der Waals surface area contributed by atoms with Crippen LogP contribution in [0.5, 0.6) is 0 Å². The average molecular weight is 299 g/mol. The number of hydrogen-bond acceptors (Lipinski definition) is 3. The lowest BCUT2D eigenvalue weighted by atomic mass is 9.94. The number of rotatable bonds is 7. The number of benzene rings is 1.